The normalized spacial score (nSPS) is 10.7. The van der Waals surface area contributed by atoms with E-state index < -0.39 is 0 Å². The van der Waals surface area contributed by atoms with Gasteiger partial charge >= 0.3 is 0 Å². The van der Waals surface area contributed by atoms with Crippen LogP contribution in [0.15, 0.2) is 72.8 Å². The maximum absolute atomic E-state index is 13.7. The number of para-hydroxylation sites is 1. The van der Waals surface area contributed by atoms with Crippen LogP contribution < -0.4 is 10.6 Å². The van der Waals surface area contributed by atoms with Gasteiger partial charge in [-0.05, 0) is 48.4 Å². The Labute approximate surface area is 157 Å². The summed E-state index contributed by atoms with van der Waals surface area (Å²) in [5.74, 6) is 0.870. The van der Waals surface area contributed by atoms with Crippen molar-refractivity contribution in [2.24, 2.45) is 0 Å². The molecule has 0 atom stereocenters. The van der Waals surface area contributed by atoms with E-state index in [1.165, 1.54) is 12.1 Å². The summed E-state index contributed by atoms with van der Waals surface area (Å²) in [6.07, 6.45) is 0. The van der Waals surface area contributed by atoms with Crippen molar-refractivity contribution in [2.75, 3.05) is 10.6 Å². The molecule has 0 aliphatic heterocycles. The number of aromatic nitrogens is 2. The number of benzene rings is 3. The molecule has 0 saturated carbocycles. The highest BCUT2D eigenvalue weighted by molar-refractivity contribution is 5.90. The summed E-state index contributed by atoms with van der Waals surface area (Å²) in [6.45, 7) is 2.50. The molecule has 4 aromatic rings. The number of aryl methyl sites for hydroxylation is 1. The lowest BCUT2D eigenvalue weighted by atomic mass is 10.2. The van der Waals surface area contributed by atoms with Crippen LogP contribution in [0.3, 0.4) is 0 Å². The number of hydrogen-bond acceptors (Lipinski definition) is 4. The smallest absolute Gasteiger partial charge is 0.229 e. The Bertz CT molecular complexity index is 1060. The second-order valence-corrected chi connectivity index (χ2v) is 6.39. The van der Waals surface area contributed by atoms with Gasteiger partial charge in [0.05, 0.1) is 5.52 Å². The fraction of sp³-hybridized carbons (Fsp3) is 0.0909. The molecule has 3 aromatic carbocycles. The molecule has 0 unspecified atom stereocenters. The van der Waals surface area contributed by atoms with Crippen molar-refractivity contribution in [2.45, 2.75) is 13.5 Å². The Morgan fingerprint density at radius 2 is 1.67 bits per heavy atom. The molecule has 4 nitrogen and oxygen atoms in total. The van der Waals surface area contributed by atoms with Crippen molar-refractivity contribution in [3.05, 3.63) is 89.7 Å². The molecular weight excluding hydrogens is 339 g/mol. The molecule has 0 spiro atoms. The van der Waals surface area contributed by atoms with Crippen LogP contribution in [-0.2, 0) is 6.54 Å². The van der Waals surface area contributed by atoms with Gasteiger partial charge in [0.15, 0.2) is 0 Å². The third kappa shape index (κ3) is 4.03. The van der Waals surface area contributed by atoms with Crippen molar-refractivity contribution in [3.8, 4) is 0 Å². The molecule has 5 heteroatoms. The first-order valence-corrected chi connectivity index (χ1v) is 8.76. The third-order valence-corrected chi connectivity index (χ3v) is 4.20. The van der Waals surface area contributed by atoms with Crippen molar-refractivity contribution >= 4 is 28.4 Å². The first kappa shape index (κ1) is 17.0. The molecular formula is C22H19FN4. The average Bonchev–Trinajstić information content (AvgIpc) is 2.66. The van der Waals surface area contributed by atoms with Crippen molar-refractivity contribution in [1.82, 2.24) is 9.97 Å². The summed E-state index contributed by atoms with van der Waals surface area (Å²) >= 11 is 0. The van der Waals surface area contributed by atoms with Crippen LogP contribution in [0.1, 0.15) is 11.1 Å². The summed E-state index contributed by atoms with van der Waals surface area (Å²) in [7, 11) is 0. The largest absolute Gasteiger partial charge is 0.365 e. The van der Waals surface area contributed by atoms with Crippen LogP contribution in [-0.4, -0.2) is 9.97 Å². The minimum absolute atomic E-state index is 0.291. The first-order chi connectivity index (χ1) is 13.2. The van der Waals surface area contributed by atoms with E-state index in [1.54, 1.807) is 0 Å². The molecule has 0 bridgehead atoms. The second-order valence-electron chi connectivity index (χ2n) is 6.39. The van der Waals surface area contributed by atoms with Gasteiger partial charge in [-0.15, -0.1) is 0 Å². The highest BCUT2D eigenvalue weighted by Gasteiger charge is 2.08. The zero-order chi connectivity index (χ0) is 18.6. The molecule has 4 rings (SSSR count). The highest BCUT2D eigenvalue weighted by atomic mass is 19.1. The number of nitrogens with one attached hydrogen (secondary N) is 2. The molecule has 0 fully saturated rings. The SMILES string of the molecule is Cc1cc(F)cc(Nc2nc(NCc3ccccc3)c3ccccc3n2)c1. The fourth-order valence-electron chi connectivity index (χ4n) is 2.99. The standard InChI is InChI=1S/C22H19FN4/c1-15-11-17(23)13-18(12-15)25-22-26-20-10-6-5-9-19(20)21(27-22)24-14-16-7-3-2-4-8-16/h2-13H,14H2,1H3,(H2,24,25,26,27). The average molecular weight is 358 g/mol. The lowest BCUT2D eigenvalue weighted by molar-refractivity contribution is 0.627. The van der Waals surface area contributed by atoms with E-state index in [-0.39, 0.29) is 5.82 Å². The number of fused-ring (bicyclic) bond motifs is 1. The van der Waals surface area contributed by atoms with Crippen molar-refractivity contribution in [3.63, 3.8) is 0 Å². The van der Waals surface area contributed by atoms with E-state index in [4.69, 9.17) is 0 Å². The Morgan fingerprint density at radius 1 is 0.889 bits per heavy atom. The van der Waals surface area contributed by atoms with Crippen molar-refractivity contribution in [1.29, 1.82) is 0 Å². The van der Waals surface area contributed by atoms with Gasteiger partial charge in [0.1, 0.15) is 11.6 Å². The number of rotatable bonds is 5. The van der Waals surface area contributed by atoms with E-state index in [0.29, 0.717) is 18.2 Å². The van der Waals surface area contributed by atoms with Gasteiger partial charge < -0.3 is 10.6 Å². The molecule has 0 aliphatic carbocycles. The van der Waals surface area contributed by atoms with Crippen LogP contribution in [0.25, 0.3) is 10.9 Å². The van der Waals surface area contributed by atoms with E-state index >= 15 is 0 Å². The van der Waals surface area contributed by atoms with Crippen LogP contribution in [0, 0.1) is 12.7 Å². The molecule has 0 amide bonds. The van der Waals surface area contributed by atoms with Gasteiger partial charge in [-0.25, -0.2) is 9.37 Å². The predicted molar refractivity (Wildman–Crippen MR) is 108 cm³/mol. The summed E-state index contributed by atoms with van der Waals surface area (Å²) < 4.78 is 13.7. The quantitative estimate of drug-likeness (QED) is 0.499. The van der Waals surface area contributed by atoms with Crippen LogP contribution in [0.2, 0.25) is 0 Å². The molecule has 1 aromatic heterocycles. The van der Waals surface area contributed by atoms with E-state index in [9.17, 15) is 4.39 Å². The van der Waals surface area contributed by atoms with Gasteiger partial charge in [-0.2, -0.15) is 4.98 Å². The lowest BCUT2D eigenvalue weighted by Crippen LogP contribution is -2.06. The highest BCUT2D eigenvalue weighted by Crippen LogP contribution is 2.24. The van der Waals surface area contributed by atoms with Gasteiger partial charge in [0, 0.05) is 17.6 Å². The number of halogens is 1. The molecule has 27 heavy (non-hydrogen) atoms. The monoisotopic (exact) mass is 358 g/mol. The van der Waals surface area contributed by atoms with Crippen LogP contribution in [0.5, 0.6) is 0 Å². The van der Waals surface area contributed by atoms with Crippen LogP contribution in [0.4, 0.5) is 21.8 Å². The maximum atomic E-state index is 13.7. The lowest BCUT2D eigenvalue weighted by Gasteiger charge is -2.12. The van der Waals surface area contributed by atoms with Gasteiger partial charge in [-0.3, -0.25) is 0 Å². The Kier molecular flexibility index (Phi) is 4.66. The second kappa shape index (κ2) is 7.41. The van der Waals surface area contributed by atoms with E-state index in [0.717, 1.165) is 27.8 Å². The molecule has 0 aliphatic rings. The zero-order valence-electron chi connectivity index (χ0n) is 14.9. The molecule has 0 radical (unpaired) electrons. The number of anilines is 3. The Hall–Kier alpha value is -3.47. The Morgan fingerprint density at radius 3 is 2.48 bits per heavy atom. The summed E-state index contributed by atoms with van der Waals surface area (Å²) in [4.78, 5) is 9.18. The first-order valence-electron chi connectivity index (χ1n) is 8.76. The summed E-state index contributed by atoms with van der Waals surface area (Å²) in [6, 6.07) is 22.7. The summed E-state index contributed by atoms with van der Waals surface area (Å²) in [5, 5.41) is 7.44. The van der Waals surface area contributed by atoms with E-state index in [1.807, 2.05) is 55.5 Å². The zero-order valence-corrected chi connectivity index (χ0v) is 14.9. The minimum Gasteiger partial charge on any atom is -0.365 e. The van der Waals surface area contributed by atoms with E-state index in [2.05, 4.69) is 32.7 Å². The molecule has 2 N–H and O–H groups in total. The van der Waals surface area contributed by atoms with Crippen LogP contribution >= 0.6 is 0 Å². The van der Waals surface area contributed by atoms with Gasteiger partial charge in [0.25, 0.3) is 0 Å². The van der Waals surface area contributed by atoms with Gasteiger partial charge in [0.2, 0.25) is 5.95 Å². The van der Waals surface area contributed by atoms with Gasteiger partial charge in [-0.1, -0.05) is 42.5 Å². The Balaban J connectivity index is 1.67. The molecule has 134 valence electrons. The molecule has 0 saturated heterocycles. The maximum Gasteiger partial charge on any atom is 0.229 e. The number of nitrogens with zero attached hydrogens (tertiary/aromatic N) is 2. The fourth-order valence-corrected chi connectivity index (χ4v) is 2.99. The summed E-state index contributed by atoms with van der Waals surface area (Å²) in [5.41, 5.74) is 3.44. The third-order valence-electron chi connectivity index (χ3n) is 4.20. The number of hydrogen-bond donors (Lipinski definition) is 2. The minimum atomic E-state index is -0.291. The predicted octanol–water partition coefficient (Wildman–Crippen LogP) is 5.43. The molecule has 1 heterocycles. The van der Waals surface area contributed by atoms with Crippen molar-refractivity contribution < 1.29 is 4.39 Å². The topological polar surface area (TPSA) is 49.8 Å².